The summed E-state index contributed by atoms with van der Waals surface area (Å²) in [6.07, 6.45) is 0. The Hall–Kier alpha value is -0.410. The van der Waals surface area contributed by atoms with Crippen LogP contribution in [-0.4, -0.2) is 0 Å². The number of halogens is 3. The molecular weight excluding hydrogens is 297 g/mol. The molecule has 0 fully saturated rings. The quantitative estimate of drug-likeness (QED) is 0.746. The van der Waals surface area contributed by atoms with Crippen LogP contribution in [0.15, 0.2) is 30.3 Å². The SMILES string of the molecule is CC(Nc1ccc(Cl)cc1Cl)c1ccc(Cl)s1. The van der Waals surface area contributed by atoms with E-state index in [0.717, 1.165) is 10.0 Å². The summed E-state index contributed by atoms with van der Waals surface area (Å²) >= 11 is 19.4. The Kier molecular flexibility index (Phi) is 4.21. The highest BCUT2D eigenvalue weighted by atomic mass is 35.5. The monoisotopic (exact) mass is 305 g/mol. The first kappa shape index (κ1) is 13.0. The van der Waals surface area contributed by atoms with Gasteiger partial charge in [0.1, 0.15) is 0 Å². The fourth-order valence-corrected chi connectivity index (χ4v) is 3.00. The molecule has 1 unspecified atom stereocenters. The molecule has 0 spiro atoms. The van der Waals surface area contributed by atoms with E-state index in [0.29, 0.717) is 10.0 Å². The van der Waals surface area contributed by atoms with Gasteiger partial charge in [0.05, 0.1) is 21.1 Å². The maximum absolute atomic E-state index is 6.10. The molecule has 1 atom stereocenters. The standard InChI is InChI=1S/C12H10Cl3NS/c1-7(11-4-5-12(15)17-11)16-10-3-2-8(13)6-9(10)14/h2-7,16H,1H3. The highest BCUT2D eigenvalue weighted by molar-refractivity contribution is 7.16. The number of hydrogen-bond donors (Lipinski definition) is 1. The van der Waals surface area contributed by atoms with Crippen LogP contribution >= 0.6 is 46.1 Å². The number of rotatable bonds is 3. The highest BCUT2D eigenvalue weighted by Crippen LogP contribution is 2.32. The van der Waals surface area contributed by atoms with Gasteiger partial charge in [-0.3, -0.25) is 0 Å². The molecule has 0 aliphatic heterocycles. The zero-order valence-electron chi connectivity index (χ0n) is 9.01. The van der Waals surface area contributed by atoms with Crippen molar-refractivity contribution in [2.45, 2.75) is 13.0 Å². The summed E-state index contributed by atoms with van der Waals surface area (Å²) < 4.78 is 0.788. The minimum atomic E-state index is 0.158. The highest BCUT2D eigenvalue weighted by Gasteiger charge is 2.10. The van der Waals surface area contributed by atoms with Crippen LogP contribution in [0.4, 0.5) is 5.69 Å². The van der Waals surface area contributed by atoms with Crippen LogP contribution in [0, 0.1) is 0 Å². The van der Waals surface area contributed by atoms with Gasteiger partial charge in [0.25, 0.3) is 0 Å². The zero-order chi connectivity index (χ0) is 12.4. The average molecular weight is 307 g/mol. The molecule has 1 heterocycles. The van der Waals surface area contributed by atoms with E-state index in [1.54, 1.807) is 17.4 Å². The lowest BCUT2D eigenvalue weighted by Gasteiger charge is -2.15. The average Bonchev–Trinajstić information content (AvgIpc) is 2.69. The summed E-state index contributed by atoms with van der Waals surface area (Å²) in [5.41, 5.74) is 0.869. The summed E-state index contributed by atoms with van der Waals surface area (Å²) in [6.45, 7) is 2.06. The van der Waals surface area contributed by atoms with Crippen LogP contribution in [0.25, 0.3) is 0 Å². The third kappa shape index (κ3) is 3.29. The lowest BCUT2D eigenvalue weighted by molar-refractivity contribution is 0.908. The molecule has 0 radical (unpaired) electrons. The summed E-state index contributed by atoms with van der Waals surface area (Å²) in [6, 6.07) is 9.46. The first-order chi connectivity index (χ1) is 8.06. The number of thiophene rings is 1. The molecule has 0 aliphatic carbocycles. The summed E-state index contributed by atoms with van der Waals surface area (Å²) in [5.74, 6) is 0. The van der Waals surface area contributed by atoms with E-state index in [1.165, 1.54) is 4.88 Å². The first-order valence-corrected chi connectivity index (χ1v) is 6.98. The molecule has 1 N–H and O–H groups in total. The molecule has 1 nitrogen and oxygen atoms in total. The molecule has 0 amide bonds. The van der Waals surface area contributed by atoms with Crippen molar-refractivity contribution in [3.8, 4) is 0 Å². The van der Waals surface area contributed by atoms with Crippen molar-refractivity contribution in [2.75, 3.05) is 5.32 Å². The number of nitrogens with one attached hydrogen (secondary N) is 1. The molecule has 5 heteroatoms. The fraction of sp³-hybridized carbons (Fsp3) is 0.167. The molecule has 90 valence electrons. The predicted molar refractivity (Wildman–Crippen MR) is 77.8 cm³/mol. The van der Waals surface area contributed by atoms with E-state index in [-0.39, 0.29) is 6.04 Å². The van der Waals surface area contributed by atoms with Crippen molar-refractivity contribution in [1.82, 2.24) is 0 Å². The Morgan fingerprint density at radius 2 is 1.88 bits per heavy atom. The number of anilines is 1. The molecule has 0 saturated heterocycles. The molecule has 1 aromatic carbocycles. The van der Waals surface area contributed by atoms with Crippen molar-refractivity contribution in [2.24, 2.45) is 0 Å². The van der Waals surface area contributed by atoms with Crippen molar-refractivity contribution in [3.63, 3.8) is 0 Å². The van der Waals surface area contributed by atoms with Crippen molar-refractivity contribution < 1.29 is 0 Å². The third-order valence-corrected chi connectivity index (χ3v) is 4.29. The minimum absolute atomic E-state index is 0.158. The zero-order valence-corrected chi connectivity index (χ0v) is 12.1. The molecule has 0 bridgehead atoms. The van der Waals surface area contributed by atoms with Crippen LogP contribution in [0.3, 0.4) is 0 Å². The second-order valence-electron chi connectivity index (χ2n) is 3.63. The fourth-order valence-electron chi connectivity index (χ4n) is 1.47. The van der Waals surface area contributed by atoms with Gasteiger partial charge in [0.2, 0.25) is 0 Å². The van der Waals surface area contributed by atoms with Crippen LogP contribution < -0.4 is 5.32 Å². The summed E-state index contributed by atoms with van der Waals surface area (Å²) in [4.78, 5) is 1.17. The van der Waals surface area contributed by atoms with Crippen LogP contribution in [0.5, 0.6) is 0 Å². The molecule has 2 rings (SSSR count). The van der Waals surface area contributed by atoms with Crippen LogP contribution in [0.1, 0.15) is 17.8 Å². The van der Waals surface area contributed by atoms with E-state index in [4.69, 9.17) is 34.8 Å². The van der Waals surface area contributed by atoms with Gasteiger partial charge in [-0.05, 0) is 37.3 Å². The van der Waals surface area contributed by atoms with Crippen molar-refractivity contribution in [3.05, 3.63) is 49.6 Å². The van der Waals surface area contributed by atoms with E-state index >= 15 is 0 Å². The van der Waals surface area contributed by atoms with Gasteiger partial charge >= 0.3 is 0 Å². The Labute approximate surface area is 119 Å². The Morgan fingerprint density at radius 1 is 1.12 bits per heavy atom. The Morgan fingerprint density at radius 3 is 2.47 bits per heavy atom. The van der Waals surface area contributed by atoms with E-state index in [1.807, 2.05) is 24.3 Å². The second kappa shape index (κ2) is 5.49. The maximum Gasteiger partial charge on any atom is 0.0932 e. The molecule has 2 aromatic rings. The first-order valence-electron chi connectivity index (χ1n) is 5.03. The van der Waals surface area contributed by atoms with E-state index in [9.17, 15) is 0 Å². The van der Waals surface area contributed by atoms with Crippen LogP contribution in [-0.2, 0) is 0 Å². The Bertz CT molecular complexity index is 524. The number of benzene rings is 1. The molecule has 1 aromatic heterocycles. The molecule has 17 heavy (non-hydrogen) atoms. The van der Waals surface area contributed by atoms with Gasteiger partial charge in [-0.15, -0.1) is 11.3 Å². The van der Waals surface area contributed by atoms with Crippen molar-refractivity contribution in [1.29, 1.82) is 0 Å². The van der Waals surface area contributed by atoms with E-state index in [2.05, 4.69) is 12.2 Å². The van der Waals surface area contributed by atoms with Crippen molar-refractivity contribution >= 4 is 51.8 Å². The van der Waals surface area contributed by atoms with Gasteiger partial charge < -0.3 is 5.32 Å². The van der Waals surface area contributed by atoms with E-state index < -0.39 is 0 Å². The molecular formula is C12H10Cl3NS. The largest absolute Gasteiger partial charge is 0.376 e. The Balaban J connectivity index is 2.15. The summed E-state index contributed by atoms with van der Waals surface area (Å²) in [7, 11) is 0. The summed E-state index contributed by atoms with van der Waals surface area (Å²) in [5, 5.41) is 4.58. The smallest absolute Gasteiger partial charge is 0.0932 e. The van der Waals surface area contributed by atoms with Gasteiger partial charge in [-0.2, -0.15) is 0 Å². The van der Waals surface area contributed by atoms with Gasteiger partial charge in [0, 0.05) is 9.90 Å². The minimum Gasteiger partial charge on any atom is -0.376 e. The van der Waals surface area contributed by atoms with Gasteiger partial charge in [-0.25, -0.2) is 0 Å². The molecule has 0 saturated carbocycles. The lowest BCUT2D eigenvalue weighted by atomic mass is 10.2. The van der Waals surface area contributed by atoms with Crippen LogP contribution in [0.2, 0.25) is 14.4 Å². The normalized spacial score (nSPS) is 12.5. The topological polar surface area (TPSA) is 12.0 Å². The molecule has 0 aliphatic rings. The third-order valence-electron chi connectivity index (χ3n) is 2.32. The lowest BCUT2D eigenvalue weighted by Crippen LogP contribution is -2.04. The predicted octanol–water partition coefficient (Wildman–Crippen LogP) is 5.88. The van der Waals surface area contributed by atoms with Gasteiger partial charge in [-0.1, -0.05) is 34.8 Å². The number of hydrogen-bond acceptors (Lipinski definition) is 2. The maximum atomic E-state index is 6.10. The van der Waals surface area contributed by atoms with Gasteiger partial charge in [0.15, 0.2) is 0 Å². The second-order valence-corrected chi connectivity index (χ2v) is 6.22.